The maximum Gasteiger partial charge on any atom is 0.0153 e. The van der Waals surface area contributed by atoms with E-state index in [1.165, 1.54) is 16.7 Å². The van der Waals surface area contributed by atoms with Crippen LogP contribution in [0.2, 0.25) is 0 Å². The first-order valence-electron chi connectivity index (χ1n) is 5.23. The van der Waals surface area contributed by atoms with Crippen molar-refractivity contribution in [3.05, 3.63) is 71.8 Å². The first-order valence-corrected chi connectivity index (χ1v) is 5.61. The molecule has 0 saturated carbocycles. The highest BCUT2D eigenvalue weighted by Gasteiger charge is 1.98. The Morgan fingerprint density at radius 2 is 1.44 bits per heavy atom. The molecular formula is C15H13Cl. The van der Waals surface area contributed by atoms with Gasteiger partial charge in [-0.3, -0.25) is 0 Å². The summed E-state index contributed by atoms with van der Waals surface area (Å²) >= 11 is 5.77. The molecule has 0 fully saturated rings. The maximum atomic E-state index is 5.77. The summed E-state index contributed by atoms with van der Waals surface area (Å²) in [6.45, 7) is 3.70. The van der Waals surface area contributed by atoms with Gasteiger partial charge < -0.3 is 0 Å². The van der Waals surface area contributed by atoms with Crippen LogP contribution in [0.25, 0.3) is 11.1 Å². The van der Waals surface area contributed by atoms with Crippen LogP contribution in [-0.2, 0) is 6.42 Å². The fourth-order valence-electron chi connectivity index (χ4n) is 1.67. The van der Waals surface area contributed by atoms with Crippen LogP contribution in [0, 0.1) is 0 Å². The van der Waals surface area contributed by atoms with Gasteiger partial charge in [0, 0.05) is 11.5 Å². The lowest BCUT2D eigenvalue weighted by molar-refractivity contribution is 1.25. The number of rotatable bonds is 3. The van der Waals surface area contributed by atoms with Gasteiger partial charge in [-0.2, -0.15) is 0 Å². The van der Waals surface area contributed by atoms with Gasteiger partial charge in [0.25, 0.3) is 0 Å². The molecule has 0 atom stereocenters. The minimum Gasteiger partial charge on any atom is -0.0894 e. The van der Waals surface area contributed by atoms with Crippen molar-refractivity contribution in [1.29, 1.82) is 0 Å². The topological polar surface area (TPSA) is 0 Å². The zero-order chi connectivity index (χ0) is 11.4. The Morgan fingerprint density at radius 3 is 2.00 bits per heavy atom. The van der Waals surface area contributed by atoms with E-state index in [-0.39, 0.29) is 0 Å². The lowest BCUT2D eigenvalue weighted by atomic mass is 10.0. The predicted molar refractivity (Wildman–Crippen MR) is 70.6 cm³/mol. The van der Waals surface area contributed by atoms with Crippen molar-refractivity contribution in [2.45, 2.75) is 6.42 Å². The monoisotopic (exact) mass is 228 g/mol. The third kappa shape index (κ3) is 2.74. The lowest BCUT2D eigenvalue weighted by Crippen LogP contribution is -1.84. The molecular weight excluding hydrogens is 216 g/mol. The molecule has 0 N–H and O–H groups in total. The van der Waals surface area contributed by atoms with Crippen molar-refractivity contribution >= 4 is 11.6 Å². The van der Waals surface area contributed by atoms with Gasteiger partial charge in [-0.05, 0) is 16.7 Å². The van der Waals surface area contributed by atoms with Gasteiger partial charge in [0.15, 0.2) is 0 Å². The summed E-state index contributed by atoms with van der Waals surface area (Å²) < 4.78 is 0. The number of allylic oxidation sites excluding steroid dienone is 1. The highest BCUT2D eigenvalue weighted by molar-refractivity contribution is 6.29. The van der Waals surface area contributed by atoms with E-state index in [1.807, 2.05) is 18.2 Å². The average Bonchev–Trinajstić information content (AvgIpc) is 2.30. The van der Waals surface area contributed by atoms with Gasteiger partial charge in [0.05, 0.1) is 0 Å². The molecule has 0 nitrogen and oxygen atoms in total. The Kier molecular flexibility index (Phi) is 3.43. The van der Waals surface area contributed by atoms with E-state index in [9.17, 15) is 0 Å². The molecule has 1 heteroatoms. The van der Waals surface area contributed by atoms with Gasteiger partial charge in [-0.15, -0.1) is 0 Å². The van der Waals surface area contributed by atoms with E-state index < -0.39 is 0 Å². The quantitative estimate of drug-likeness (QED) is 0.718. The Morgan fingerprint density at radius 1 is 0.875 bits per heavy atom. The summed E-state index contributed by atoms with van der Waals surface area (Å²) in [4.78, 5) is 0. The van der Waals surface area contributed by atoms with Crippen LogP contribution in [-0.4, -0.2) is 0 Å². The average molecular weight is 229 g/mol. The van der Waals surface area contributed by atoms with Gasteiger partial charge in [-0.1, -0.05) is 72.8 Å². The van der Waals surface area contributed by atoms with Crippen LogP contribution in [0.5, 0.6) is 0 Å². The van der Waals surface area contributed by atoms with Crippen molar-refractivity contribution in [1.82, 2.24) is 0 Å². The zero-order valence-corrected chi connectivity index (χ0v) is 9.74. The Bertz CT molecular complexity index is 469. The normalized spacial score (nSPS) is 10.1. The van der Waals surface area contributed by atoms with Gasteiger partial charge in [0.1, 0.15) is 0 Å². The molecule has 0 aromatic heterocycles. The van der Waals surface area contributed by atoms with Gasteiger partial charge in [-0.25, -0.2) is 0 Å². The predicted octanol–water partition coefficient (Wildman–Crippen LogP) is 4.65. The van der Waals surface area contributed by atoms with Gasteiger partial charge in [0.2, 0.25) is 0 Å². The van der Waals surface area contributed by atoms with Crippen molar-refractivity contribution in [3.8, 4) is 11.1 Å². The van der Waals surface area contributed by atoms with E-state index in [0.717, 1.165) is 6.42 Å². The molecule has 0 bridgehead atoms. The highest BCUT2D eigenvalue weighted by atomic mass is 35.5. The second-order valence-corrected chi connectivity index (χ2v) is 4.29. The van der Waals surface area contributed by atoms with Crippen molar-refractivity contribution < 1.29 is 0 Å². The van der Waals surface area contributed by atoms with Crippen LogP contribution in [0.1, 0.15) is 5.56 Å². The number of hydrogen-bond acceptors (Lipinski definition) is 0. The van der Waals surface area contributed by atoms with Crippen LogP contribution in [0.3, 0.4) is 0 Å². The molecule has 2 rings (SSSR count). The molecule has 0 saturated heterocycles. The summed E-state index contributed by atoms with van der Waals surface area (Å²) in [7, 11) is 0. The SMILES string of the molecule is C=C(Cl)Cc1ccc(-c2ccccc2)cc1. The minimum atomic E-state index is 0.674. The molecule has 0 aliphatic rings. The molecule has 0 spiro atoms. The minimum absolute atomic E-state index is 0.674. The van der Waals surface area contributed by atoms with Crippen molar-refractivity contribution in [2.75, 3.05) is 0 Å². The molecule has 0 radical (unpaired) electrons. The standard InChI is InChI=1S/C15H13Cl/c1-12(16)11-13-7-9-15(10-8-13)14-5-3-2-4-6-14/h2-10H,1,11H2. The molecule has 0 amide bonds. The Balaban J connectivity index is 2.23. The molecule has 80 valence electrons. The smallest absolute Gasteiger partial charge is 0.0153 e. The largest absolute Gasteiger partial charge is 0.0894 e. The summed E-state index contributed by atoms with van der Waals surface area (Å²) in [6, 6.07) is 18.7. The number of halogens is 1. The zero-order valence-electron chi connectivity index (χ0n) is 8.99. The number of benzene rings is 2. The molecule has 0 unspecified atom stereocenters. The second kappa shape index (κ2) is 5.00. The van der Waals surface area contributed by atoms with Crippen LogP contribution in [0.15, 0.2) is 66.2 Å². The molecule has 0 aliphatic carbocycles. The molecule has 0 heterocycles. The number of hydrogen-bond donors (Lipinski definition) is 0. The molecule has 2 aromatic carbocycles. The van der Waals surface area contributed by atoms with Crippen molar-refractivity contribution in [3.63, 3.8) is 0 Å². The summed E-state index contributed by atoms with van der Waals surface area (Å²) in [5.74, 6) is 0. The highest BCUT2D eigenvalue weighted by Crippen LogP contribution is 2.20. The van der Waals surface area contributed by atoms with Crippen LogP contribution < -0.4 is 0 Å². The third-order valence-corrected chi connectivity index (χ3v) is 2.59. The summed E-state index contributed by atoms with van der Waals surface area (Å²) in [6.07, 6.45) is 0.733. The van der Waals surface area contributed by atoms with E-state index >= 15 is 0 Å². The first-order chi connectivity index (χ1) is 7.75. The first kappa shape index (κ1) is 11.0. The molecule has 16 heavy (non-hydrogen) atoms. The Labute approximate surface area is 101 Å². The molecule has 0 aliphatic heterocycles. The van der Waals surface area contributed by atoms with Crippen LogP contribution in [0.4, 0.5) is 0 Å². The fourth-order valence-corrected chi connectivity index (χ4v) is 1.82. The Hall–Kier alpha value is -1.53. The fraction of sp³-hybridized carbons (Fsp3) is 0.0667. The van der Waals surface area contributed by atoms with E-state index in [2.05, 4.69) is 43.0 Å². The van der Waals surface area contributed by atoms with E-state index in [4.69, 9.17) is 11.6 Å². The molecule has 2 aromatic rings. The van der Waals surface area contributed by atoms with Crippen LogP contribution >= 0.6 is 11.6 Å². The maximum absolute atomic E-state index is 5.77. The third-order valence-electron chi connectivity index (χ3n) is 2.46. The van der Waals surface area contributed by atoms with E-state index in [0.29, 0.717) is 5.03 Å². The lowest BCUT2D eigenvalue weighted by Gasteiger charge is -2.03. The summed E-state index contributed by atoms with van der Waals surface area (Å²) in [5, 5.41) is 0.674. The summed E-state index contributed by atoms with van der Waals surface area (Å²) in [5.41, 5.74) is 3.66. The van der Waals surface area contributed by atoms with E-state index in [1.54, 1.807) is 0 Å². The van der Waals surface area contributed by atoms with Gasteiger partial charge >= 0.3 is 0 Å². The van der Waals surface area contributed by atoms with Crippen molar-refractivity contribution in [2.24, 2.45) is 0 Å². The second-order valence-electron chi connectivity index (χ2n) is 3.76.